The van der Waals surface area contributed by atoms with Crippen molar-refractivity contribution in [3.05, 3.63) is 58.0 Å². The van der Waals surface area contributed by atoms with Crippen molar-refractivity contribution in [2.75, 3.05) is 36.9 Å². The molecular weight excluding hydrogens is 406 g/mol. The number of rotatable bonds is 3. The second-order valence-electron chi connectivity index (χ2n) is 8.96. The highest BCUT2D eigenvalue weighted by atomic mass is 16.5. The molecule has 2 fully saturated rings. The molecule has 166 valence electrons. The minimum Gasteiger partial charge on any atom is -0.381 e. The monoisotopic (exact) mass is 433 g/mol. The number of urea groups is 1. The molecule has 0 radical (unpaired) electrons. The number of benzene rings is 1. The number of hydrogen-bond acceptors (Lipinski definition) is 5. The van der Waals surface area contributed by atoms with Crippen LogP contribution >= 0.6 is 0 Å². The van der Waals surface area contributed by atoms with Gasteiger partial charge in [-0.25, -0.2) is 4.79 Å². The zero-order valence-corrected chi connectivity index (χ0v) is 17.9. The molecular formula is C24H27N5O3. The maximum atomic E-state index is 13.2. The number of nitriles is 1. The summed E-state index contributed by atoms with van der Waals surface area (Å²) in [4.78, 5) is 28.2. The molecule has 32 heavy (non-hydrogen) atoms. The van der Waals surface area contributed by atoms with Crippen molar-refractivity contribution >= 4 is 17.4 Å². The average molecular weight is 434 g/mol. The van der Waals surface area contributed by atoms with Crippen LogP contribution in [0.3, 0.4) is 0 Å². The van der Waals surface area contributed by atoms with Crippen LogP contribution in [0.25, 0.3) is 0 Å². The molecule has 8 heteroatoms. The molecule has 8 nitrogen and oxygen atoms in total. The van der Waals surface area contributed by atoms with Crippen LogP contribution in [0, 0.1) is 17.2 Å². The number of nitrogens with one attached hydrogen (secondary N) is 2. The van der Waals surface area contributed by atoms with Crippen molar-refractivity contribution in [1.29, 1.82) is 5.26 Å². The number of pyridine rings is 1. The number of likely N-dealkylation sites (tertiary alicyclic amines) is 1. The summed E-state index contributed by atoms with van der Waals surface area (Å²) in [5.74, 6) is 0.786. The Morgan fingerprint density at radius 3 is 2.75 bits per heavy atom. The van der Waals surface area contributed by atoms with E-state index in [9.17, 15) is 9.59 Å². The molecule has 2 aromatic rings. The molecule has 3 aliphatic rings. The molecule has 4 heterocycles. The Balaban J connectivity index is 1.31. The molecule has 1 aromatic carbocycles. The van der Waals surface area contributed by atoms with Gasteiger partial charge in [0.05, 0.1) is 11.6 Å². The van der Waals surface area contributed by atoms with Gasteiger partial charge in [-0.1, -0.05) is 6.07 Å². The number of carbonyl (C=O) groups excluding carboxylic acids is 1. The van der Waals surface area contributed by atoms with Crippen LogP contribution in [0.2, 0.25) is 0 Å². The summed E-state index contributed by atoms with van der Waals surface area (Å²) in [6.07, 6.45) is 3.28. The third-order valence-corrected chi connectivity index (χ3v) is 6.84. The van der Waals surface area contributed by atoms with Crippen LogP contribution in [0.15, 0.2) is 41.2 Å². The molecule has 2 N–H and O–H groups in total. The molecule has 2 atom stereocenters. The van der Waals surface area contributed by atoms with Crippen molar-refractivity contribution in [1.82, 2.24) is 9.47 Å². The summed E-state index contributed by atoms with van der Waals surface area (Å²) in [7, 11) is 0. The molecule has 3 aliphatic heterocycles. The van der Waals surface area contributed by atoms with E-state index in [1.165, 1.54) is 0 Å². The lowest BCUT2D eigenvalue weighted by Gasteiger charge is -2.46. The van der Waals surface area contributed by atoms with Gasteiger partial charge in [0.25, 0.3) is 5.56 Å². The van der Waals surface area contributed by atoms with Gasteiger partial charge in [-0.3, -0.25) is 9.69 Å². The van der Waals surface area contributed by atoms with Crippen molar-refractivity contribution in [2.45, 2.75) is 37.8 Å². The normalized spacial score (nSPS) is 23.1. The number of nitrogens with zero attached hydrogens (tertiary/aromatic N) is 3. The fourth-order valence-electron chi connectivity index (χ4n) is 5.38. The zero-order chi connectivity index (χ0) is 22.1. The van der Waals surface area contributed by atoms with E-state index in [1.54, 1.807) is 30.3 Å². The minimum atomic E-state index is -0.501. The van der Waals surface area contributed by atoms with Crippen LogP contribution in [-0.4, -0.2) is 47.8 Å². The summed E-state index contributed by atoms with van der Waals surface area (Å²) < 4.78 is 7.38. The second-order valence-corrected chi connectivity index (χ2v) is 8.96. The summed E-state index contributed by atoms with van der Waals surface area (Å²) in [6, 6.07) is 12.5. The fraction of sp³-hybridized carbons (Fsp3) is 0.458. The highest BCUT2D eigenvalue weighted by Gasteiger charge is 2.37. The number of ether oxygens (including phenoxy) is 1. The third-order valence-electron chi connectivity index (χ3n) is 6.84. The first-order chi connectivity index (χ1) is 15.6. The van der Waals surface area contributed by atoms with E-state index < -0.39 is 6.03 Å². The summed E-state index contributed by atoms with van der Waals surface area (Å²) in [5, 5.41) is 14.4. The number of carbonyl (C=O) groups is 1. The molecule has 0 saturated carbocycles. The van der Waals surface area contributed by atoms with Gasteiger partial charge >= 0.3 is 6.03 Å². The van der Waals surface area contributed by atoms with Gasteiger partial charge < -0.3 is 19.9 Å². The number of hydrogen-bond donors (Lipinski definition) is 2. The molecule has 1 aromatic heterocycles. The van der Waals surface area contributed by atoms with Gasteiger partial charge in [0.15, 0.2) is 0 Å². The third kappa shape index (κ3) is 4.14. The van der Waals surface area contributed by atoms with Gasteiger partial charge in [0.1, 0.15) is 5.69 Å². The predicted molar refractivity (Wildman–Crippen MR) is 121 cm³/mol. The molecule has 2 saturated heterocycles. The van der Waals surface area contributed by atoms with Crippen molar-refractivity contribution in [3.8, 4) is 6.07 Å². The number of piperidine rings is 1. The van der Waals surface area contributed by atoms with Gasteiger partial charge in [0.2, 0.25) is 0 Å². The molecule has 0 spiro atoms. The smallest absolute Gasteiger partial charge is 0.323 e. The van der Waals surface area contributed by atoms with Crippen LogP contribution in [0.1, 0.15) is 36.4 Å². The van der Waals surface area contributed by atoms with Crippen LogP contribution < -0.4 is 16.2 Å². The van der Waals surface area contributed by atoms with E-state index in [0.717, 1.165) is 51.3 Å². The van der Waals surface area contributed by atoms with Gasteiger partial charge in [-0.05, 0) is 55.5 Å². The summed E-state index contributed by atoms with van der Waals surface area (Å²) >= 11 is 0. The largest absolute Gasteiger partial charge is 0.381 e. The zero-order valence-electron chi connectivity index (χ0n) is 17.9. The first kappa shape index (κ1) is 20.7. The van der Waals surface area contributed by atoms with E-state index in [4.69, 9.17) is 10.00 Å². The standard InChI is InChI=1S/C24H27N5O3/c25-12-16-2-1-3-19(11-16)26-24(31)27-21-4-5-22-18-10-17(14-29(22)23(21)30)13-28(15-18)20-6-8-32-9-7-20/h1-5,11,17-18,20H,6-10,13-15H2,(H2,26,27,31). The lowest BCUT2D eigenvalue weighted by atomic mass is 9.82. The highest BCUT2D eigenvalue weighted by molar-refractivity contribution is 5.99. The number of anilines is 2. The number of fused-ring (bicyclic) bond motifs is 4. The minimum absolute atomic E-state index is 0.155. The maximum absolute atomic E-state index is 13.2. The molecule has 2 amide bonds. The Labute approximate surface area is 186 Å². The summed E-state index contributed by atoms with van der Waals surface area (Å²) in [6.45, 7) is 4.35. The molecule has 5 rings (SSSR count). The van der Waals surface area contributed by atoms with E-state index in [-0.39, 0.29) is 11.2 Å². The van der Waals surface area contributed by atoms with Crippen LogP contribution in [0.5, 0.6) is 0 Å². The first-order valence-electron chi connectivity index (χ1n) is 11.2. The molecule has 2 bridgehead atoms. The average Bonchev–Trinajstić information content (AvgIpc) is 2.82. The van der Waals surface area contributed by atoms with Crippen molar-refractivity contribution in [3.63, 3.8) is 0 Å². The quantitative estimate of drug-likeness (QED) is 0.775. The van der Waals surface area contributed by atoms with Gasteiger partial charge in [-0.2, -0.15) is 5.26 Å². The maximum Gasteiger partial charge on any atom is 0.323 e. The van der Waals surface area contributed by atoms with Crippen molar-refractivity contribution < 1.29 is 9.53 Å². The highest BCUT2D eigenvalue weighted by Crippen LogP contribution is 2.37. The fourth-order valence-corrected chi connectivity index (χ4v) is 5.38. The Bertz CT molecular complexity index is 1120. The van der Waals surface area contributed by atoms with E-state index >= 15 is 0 Å². The van der Waals surface area contributed by atoms with Gasteiger partial charge in [-0.15, -0.1) is 0 Å². The first-order valence-corrected chi connectivity index (χ1v) is 11.2. The Morgan fingerprint density at radius 1 is 1.09 bits per heavy atom. The van der Waals surface area contributed by atoms with Crippen LogP contribution in [-0.2, 0) is 11.3 Å². The number of amides is 2. The number of aromatic nitrogens is 1. The van der Waals surface area contributed by atoms with E-state index in [1.807, 2.05) is 16.7 Å². The van der Waals surface area contributed by atoms with E-state index in [0.29, 0.717) is 35.7 Å². The summed E-state index contributed by atoms with van der Waals surface area (Å²) in [5.41, 5.74) is 2.14. The Morgan fingerprint density at radius 2 is 1.94 bits per heavy atom. The SMILES string of the molecule is N#Cc1cccc(NC(=O)Nc2ccc3n(c2=O)CC2CC3CN(C3CCOCC3)C2)c1. The van der Waals surface area contributed by atoms with E-state index in [2.05, 4.69) is 15.5 Å². The molecule has 0 aliphatic carbocycles. The topological polar surface area (TPSA) is 99.4 Å². The lowest BCUT2D eigenvalue weighted by Crippen LogP contribution is -2.51. The Hall–Kier alpha value is -3.15. The second kappa shape index (κ2) is 8.77. The molecule has 2 unspecified atom stereocenters. The predicted octanol–water partition coefficient (Wildman–Crippen LogP) is 2.96. The van der Waals surface area contributed by atoms with Crippen molar-refractivity contribution in [2.24, 2.45) is 5.92 Å². The lowest BCUT2D eigenvalue weighted by molar-refractivity contribution is 0.00589. The van der Waals surface area contributed by atoms with Gasteiger partial charge in [0, 0.05) is 56.2 Å². The Kier molecular flexibility index (Phi) is 5.68. The van der Waals surface area contributed by atoms with Crippen LogP contribution in [0.4, 0.5) is 16.2 Å².